The number of H-pyrrole nitrogens is 1. The maximum atomic E-state index is 14.1. The summed E-state index contributed by atoms with van der Waals surface area (Å²) in [6, 6.07) is 16.7. The number of anilines is 3. The van der Waals surface area contributed by atoms with Crippen molar-refractivity contribution in [3.63, 3.8) is 0 Å². The topological polar surface area (TPSA) is 116 Å². The number of fused-ring (bicyclic) bond motifs is 1. The molecule has 192 valence electrons. The van der Waals surface area contributed by atoms with Crippen molar-refractivity contribution >= 4 is 34.8 Å². The first-order chi connectivity index (χ1) is 18.3. The van der Waals surface area contributed by atoms with Crippen molar-refractivity contribution in [3.8, 4) is 17.0 Å². The number of nitrogens with one attached hydrogen (secondary N) is 3. The second-order valence-corrected chi connectivity index (χ2v) is 8.75. The number of hydrogen-bond donors (Lipinski definition) is 3. The molecule has 0 radical (unpaired) electrons. The van der Waals surface area contributed by atoms with Crippen LogP contribution in [0.5, 0.6) is 5.75 Å². The molecule has 1 aliphatic heterocycles. The number of carbonyl (C=O) groups is 3. The fourth-order valence-corrected chi connectivity index (χ4v) is 4.36. The Labute approximate surface area is 217 Å². The molecule has 2 amide bonds. The Kier molecular flexibility index (Phi) is 6.61. The van der Waals surface area contributed by atoms with Crippen molar-refractivity contribution in [2.75, 3.05) is 24.3 Å². The van der Waals surface area contributed by atoms with Crippen molar-refractivity contribution in [2.24, 2.45) is 0 Å². The molecule has 0 saturated carbocycles. The molecule has 9 nitrogen and oxygen atoms in total. The van der Waals surface area contributed by atoms with Crippen LogP contribution >= 0.6 is 0 Å². The van der Waals surface area contributed by atoms with Crippen LogP contribution in [0.4, 0.5) is 21.6 Å². The standard InChI is InChI=1S/C28H24FN5O4/c1-16(35)34-14-21-25(22(36)15-34)27(31-19-6-4-3-5-7-19)26(32-21)17-10-11-30-24(13-17)33-28(37)18-8-9-23(38-2)20(29)12-18/h3-13,31-32H,14-15H2,1-2H3,(H,30,33,37). The van der Waals surface area contributed by atoms with Crippen molar-refractivity contribution in [1.82, 2.24) is 14.9 Å². The van der Waals surface area contributed by atoms with Crippen LogP contribution in [0.2, 0.25) is 0 Å². The minimum absolute atomic E-state index is 0.0147. The second kappa shape index (κ2) is 10.2. The van der Waals surface area contributed by atoms with Gasteiger partial charge in [0.25, 0.3) is 5.91 Å². The van der Waals surface area contributed by atoms with Gasteiger partial charge in [-0.3, -0.25) is 14.4 Å². The van der Waals surface area contributed by atoms with E-state index in [1.807, 2.05) is 30.3 Å². The number of ether oxygens (including phenoxy) is 1. The number of halogens is 1. The van der Waals surface area contributed by atoms with Crippen LogP contribution in [0.1, 0.15) is 33.3 Å². The third-order valence-corrected chi connectivity index (χ3v) is 6.23. The highest BCUT2D eigenvalue weighted by molar-refractivity contribution is 6.09. The summed E-state index contributed by atoms with van der Waals surface area (Å²) in [6.45, 7) is 1.68. The maximum absolute atomic E-state index is 14.1. The fraction of sp³-hybridized carbons (Fsp3) is 0.143. The highest BCUT2D eigenvalue weighted by Crippen LogP contribution is 2.38. The molecule has 10 heteroatoms. The number of amides is 2. The number of nitrogens with zero attached hydrogens (tertiary/aromatic N) is 2. The molecule has 38 heavy (non-hydrogen) atoms. The van der Waals surface area contributed by atoms with Crippen molar-refractivity contribution < 1.29 is 23.5 Å². The Morgan fingerprint density at radius 2 is 1.87 bits per heavy atom. The molecule has 4 aromatic rings. The van der Waals surface area contributed by atoms with E-state index in [0.29, 0.717) is 28.2 Å². The van der Waals surface area contributed by atoms with Crippen LogP contribution in [0.15, 0.2) is 66.9 Å². The summed E-state index contributed by atoms with van der Waals surface area (Å²) in [7, 11) is 1.35. The van der Waals surface area contributed by atoms with Gasteiger partial charge >= 0.3 is 0 Å². The summed E-state index contributed by atoms with van der Waals surface area (Å²) in [6.07, 6.45) is 1.52. The number of pyridine rings is 1. The third-order valence-electron chi connectivity index (χ3n) is 6.23. The molecule has 2 aromatic carbocycles. The number of benzene rings is 2. The predicted octanol–water partition coefficient (Wildman–Crippen LogP) is 4.77. The zero-order chi connectivity index (χ0) is 26.8. The van der Waals surface area contributed by atoms with E-state index in [1.165, 1.54) is 37.3 Å². The number of rotatable bonds is 6. The molecule has 2 aromatic heterocycles. The van der Waals surface area contributed by atoms with E-state index >= 15 is 0 Å². The lowest BCUT2D eigenvalue weighted by Crippen LogP contribution is -2.38. The van der Waals surface area contributed by atoms with E-state index in [2.05, 4.69) is 20.6 Å². The van der Waals surface area contributed by atoms with E-state index in [9.17, 15) is 18.8 Å². The molecule has 1 aliphatic rings. The van der Waals surface area contributed by atoms with E-state index in [-0.39, 0.29) is 41.9 Å². The Bertz CT molecular complexity index is 1550. The Hall–Kier alpha value is -4.99. The monoisotopic (exact) mass is 513 g/mol. The Balaban J connectivity index is 1.51. The summed E-state index contributed by atoms with van der Waals surface area (Å²) in [4.78, 5) is 46.9. The molecular formula is C28H24FN5O4. The molecule has 3 N–H and O–H groups in total. The minimum Gasteiger partial charge on any atom is -0.494 e. The zero-order valence-electron chi connectivity index (χ0n) is 20.7. The molecule has 5 rings (SSSR count). The van der Waals surface area contributed by atoms with Gasteiger partial charge in [-0.05, 0) is 42.5 Å². The minimum atomic E-state index is -0.653. The molecule has 0 spiro atoms. The fourth-order valence-electron chi connectivity index (χ4n) is 4.36. The van der Waals surface area contributed by atoms with Gasteiger partial charge in [0.15, 0.2) is 17.3 Å². The van der Waals surface area contributed by atoms with Gasteiger partial charge in [-0.15, -0.1) is 0 Å². The lowest BCUT2D eigenvalue weighted by Gasteiger charge is -2.25. The lowest BCUT2D eigenvalue weighted by atomic mass is 10.0. The summed E-state index contributed by atoms with van der Waals surface area (Å²) in [5.41, 5.74) is 3.80. The maximum Gasteiger partial charge on any atom is 0.256 e. The summed E-state index contributed by atoms with van der Waals surface area (Å²) < 4.78 is 19.0. The highest BCUT2D eigenvalue weighted by atomic mass is 19.1. The molecule has 0 aliphatic carbocycles. The van der Waals surface area contributed by atoms with E-state index < -0.39 is 11.7 Å². The van der Waals surface area contributed by atoms with E-state index in [0.717, 1.165) is 11.8 Å². The SMILES string of the molecule is COc1ccc(C(=O)Nc2cc(-c3[nH]c4c(c3Nc3ccccc3)C(=O)CN(C(C)=O)C4)ccn2)cc1F. The molecule has 0 saturated heterocycles. The summed E-state index contributed by atoms with van der Waals surface area (Å²) in [5.74, 6) is -1.31. The smallest absolute Gasteiger partial charge is 0.256 e. The number of aromatic nitrogens is 2. The number of aromatic amines is 1. The highest BCUT2D eigenvalue weighted by Gasteiger charge is 2.31. The van der Waals surface area contributed by atoms with Gasteiger partial charge in [-0.25, -0.2) is 9.37 Å². The quantitative estimate of drug-likeness (QED) is 0.342. The molecule has 3 heterocycles. The normalized spacial score (nSPS) is 12.6. The van der Waals surface area contributed by atoms with E-state index in [1.54, 1.807) is 12.1 Å². The average Bonchev–Trinajstić information content (AvgIpc) is 3.28. The van der Waals surface area contributed by atoms with Gasteiger partial charge in [0.2, 0.25) is 5.91 Å². The van der Waals surface area contributed by atoms with Gasteiger partial charge in [0, 0.05) is 35.6 Å². The molecule has 0 bridgehead atoms. The van der Waals surface area contributed by atoms with Crippen LogP contribution < -0.4 is 15.4 Å². The summed E-state index contributed by atoms with van der Waals surface area (Å²) in [5, 5.41) is 6.02. The first-order valence-electron chi connectivity index (χ1n) is 11.8. The summed E-state index contributed by atoms with van der Waals surface area (Å²) >= 11 is 0. The van der Waals surface area contributed by atoms with Crippen molar-refractivity contribution in [1.29, 1.82) is 0 Å². The van der Waals surface area contributed by atoms with Crippen LogP contribution in [0, 0.1) is 5.82 Å². The van der Waals surface area contributed by atoms with Gasteiger partial charge in [0.05, 0.1) is 37.1 Å². The number of carbonyl (C=O) groups excluding carboxylic acids is 3. The molecule has 0 unspecified atom stereocenters. The van der Waals surface area contributed by atoms with E-state index in [4.69, 9.17) is 4.74 Å². The van der Waals surface area contributed by atoms with Crippen LogP contribution in [-0.2, 0) is 11.3 Å². The molecular weight excluding hydrogens is 489 g/mol. The van der Waals surface area contributed by atoms with Crippen LogP contribution in [0.25, 0.3) is 11.3 Å². The molecule has 0 atom stereocenters. The first-order valence-corrected chi connectivity index (χ1v) is 11.8. The number of methoxy groups -OCH3 is 1. The van der Waals surface area contributed by atoms with Gasteiger partial charge in [-0.1, -0.05) is 18.2 Å². The number of para-hydroxylation sites is 1. The van der Waals surface area contributed by atoms with Crippen molar-refractivity contribution in [2.45, 2.75) is 13.5 Å². The number of Topliss-reactive ketones (excluding diaryl/α,β-unsaturated/α-hetero) is 1. The first kappa shape index (κ1) is 24.7. The van der Waals surface area contributed by atoms with Crippen LogP contribution in [-0.4, -0.2) is 46.1 Å². The molecule has 0 fully saturated rings. The zero-order valence-corrected chi connectivity index (χ0v) is 20.7. The largest absolute Gasteiger partial charge is 0.494 e. The lowest BCUT2D eigenvalue weighted by molar-refractivity contribution is -0.129. The van der Waals surface area contributed by atoms with Gasteiger partial charge in [0.1, 0.15) is 5.82 Å². The second-order valence-electron chi connectivity index (χ2n) is 8.75. The Morgan fingerprint density at radius 3 is 2.58 bits per heavy atom. The van der Waals surface area contributed by atoms with Crippen molar-refractivity contribution in [3.05, 3.63) is 89.5 Å². The predicted molar refractivity (Wildman–Crippen MR) is 140 cm³/mol. The van der Waals surface area contributed by atoms with Gasteiger partial charge in [-0.2, -0.15) is 0 Å². The van der Waals surface area contributed by atoms with Gasteiger partial charge < -0.3 is 25.3 Å². The van der Waals surface area contributed by atoms with Crippen LogP contribution in [0.3, 0.4) is 0 Å². The third kappa shape index (κ3) is 4.83. The number of ketones is 1. The average molecular weight is 514 g/mol. The Morgan fingerprint density at radius 1 is 1.08 bits per heavy atom. The number of hydrogen-bond acceptors (Lipinski definition) is 6.